The van der Waals surface area contributed by atoms with Crippen LogP contribution in [0.15, 0.2) is 24.3 Å². The van der Waals surface area contributed by atoms with Gasteiger partial charge in [0, 0.05) is 6.04 Å². The summed E-state index contributed by atoms with van der Waals surface area (Å²) in [4.78, 5) is 11.7. The van der Waals surface area contributed by atoms with Crippen molar-refractivity contribution in [1.82, 2.24) is 5.32 Å². The molecule has 6 heteroatoms. The van der Waals surface area contributed by atoms with Crippen molar-refractivity contribution in [2.45, 2.75) is 51.9 Å². The number of hydrogen-bond donors (Lipinski definition) is 2. The second-order valence-corrected chi connectivity index (χ2v) is 5.88. The summed E-state index contributed by atoms with van der Waals surface area (Å²) in [5.74, 6) is -0.267. The Morgan fingerprint density at radius 3 is 2.18 bits per heavy atom. The number of alkyl halides is 3. The largest absolute Gasteiger partial charge is 0.416 e. The molecular formula is C16H22F3NO2. The van der Waals surface area contributed by atoms with E-state index in [2.05, 4.69) is 5.32 Å². The van der Waals surface area contributed by atoms with E-state index in [1.165, 1.54) is 12.1 Å². The lowest BCUT2D eigenvalue weighted by Gasteiger charge is -2.18. The second kappa shape index (κ2) is 7.63. The fourth-order valence-corrected chi connectivity index (χ4v) is 1.99. The second-order valence-electron chi connectivity index (χ2n) is 5.88. The van der Waals surface area contributed by atoms with Gasteiger partial charge in [-0.05, 0) is 37.0 Å². The summed E-state index contributed by atoms with van der Waals surface area (Å²) in [6, 6.07) is 4.67. The van der Waals surface area contributed by atoms with E-state index in [-0.39, 0.29) is 24.3 Å². The Balaban J connectivity index is 2.51. The molecule has 1 rings (SSSR count). The minimum atomic E-state index is -4.34. The number of carbonyl (C=O) groups excluding carboxylic acids is 1. The molecule has 3 nitrogen and oxygen atoms in total. The van der Waals surface area contributed by atoms with Crippen LogP contribution in [0.3, 0.4) is 0 Å². The summed E-state index contributed by atoms with van der Waals surface area (Å²) in [6.07, 6.45) is -4.58. The molecule has 2 unspecified atom stereocenters. The average Bonchev–Trinajstić information content (AvgIpc) is 2.37. The van der Waals surface area contributed by atoms with Gasteiger partial charge in [-0.1, -0.05) is 26.0 Å². The molecule has 0 fully saturated rings. The van der Waals surface area contributed by atoms with Gasteiger partial charge in [-0.25, -0.2) is 0 Å². The van der Waals surface area contributed by atoms with Gasteiger partial charge in [0.1, 0.15) is 0 Å². The molecule has 2 atom stereocenters. The third kappa shape index (κ3) is 6.05. The third-order valence-electron chi connectivity index (χ3n) is 3.39. The quantitative estimate of drug-likeness (QED) is 0.847. The van der Waals surface area contributed by atoms with E-state index in [1.54, 1.807) is 6.92 Å². The van der Waals surface area contributed by atoms with Gasteiger partial charge in [0.25, 0.3) is 0 Å². The molecule has 0 aliphatic heterocycles. The maximum absolute atomic E-state index is 12.5. The number of nitrogens with one attached hydrogen (secondary N) is 1. The highest BCUT2D eigenvalue weighted by Gasteiger charge is 2.29. The lowest BCUT2D eigenvalue weighted by molar-refractivity contribution is -0.137. The molecule has 1 amide bonds. The maximum Gasteiger partial charge on any atom is 0.416 e. The zero-order chi connectivity index (χ0) is 16.9. The fraction of sp³-hybridized carbons (Fsp3) is 0.562. The summed E-state index contributed by atoms with van der Waals surface area (Å²) in [7, 11) is 0. The van der Waals surface area contributed by atoms with Crippen molar-refractivity contribution in [2.24, 2.45) is 5.92 Å². The Morgan fingerprint density at radius 1 is 1.18 bits per heavy atom. The van der Waals surface area contributed by atoms with Crippen molar-refractivity contribution in [3.05, 3.63) is 35.4 Å². The Bertz CT molecular complexity index is 483. The van der Waals surface area contributed by atoms with Crippen LogP contribution >= 0.6 is 0 Å². The van der Waals surface area contributed by atoms with Crippen LogP contribution in [-0.4, -0.2) is 23.2 Å². The van der Waals surface area contributed by atoms with Gasteiger partial charge in [-0.15, -0.1) is 0 Å². The zero-order valence-corrected chi connectivity index (χ0v) is 12.9. The van der Waals surface area contributed by atoms with Crippen molar-refractivity contribution in [3.63, 3.8) is 0 Å². The molecule has 0 radical (unpaired) electrons. The van der Waals surface area contributed by atoms with Crippen LogP contribution in [-0.2, 0) is 17.4 Å². The summed E-state index contributed by atoms with van der Waals surface area (Å²) < 4.78 is 37.4. The number of aliphatic hydroxyl groups excluding tert-OH is 1. The molecule has 1 aromatic rings. The van der Waals surface area contributed by atoms with Crippen LogP contribution in [0.2, 0.25) is 0 Å². The third-order valence-corrected chi connectivity index (χ3v) is 3.39. The number of rotatable bonds is 6. The number of carbonyl (C=O) groups is 1. The topological polar surface area (TPSA) is 49.3 Å². The number of amides is 1. The van der Waals surface area contributed by atoms with Crippen molar-refractivity contribution in [2.75, 3.05) is 0 Å². The Kier molecular flexibility index (Phi) is 6.41. The van der Waals surface area contributed by atoms with Crippen LogP contribution in [0.5, 0.6) is 0 Å². The maximum atomic E-state index is 12.5. The number of hydrogen-bond acceptors (Lipinski definition) is 2. The number of aliphatic hydroxyl groups is 1. The van der Waals surface area contributed by atoms with E-state index in [4.69, 9.17) is 0 Å². The summed E-state index contributed by atoms with van der Waals surface area (Å²) in [5, 5.41) is 12.4. The average molecular weight is 317 g/mol. The Morgan fingerprint density at radius 2 is 1.73 bits per heavy atom. The molecule has 0 bridgehead atoms. The van der Waals surface area contributed by atoms with Gasteiger partial charge in [-0.3, -0.25) is 4.79 Å². The first-order chi connectivity index (χ1) is 10.1. The normalized spacial score (nSPS) is 14.7. The van der Waals surface area contributed by atoms with Crippen LogP contribution in [0.25, 0.3) is 0 Å². The lowest BCUT2D eigenvalue weighted by Crippen LogP contribution is -2.36. The van der Waals surface area contributed by atoms with Gasteiger partial charge in [0.2, 0.25) is 5.91 Å². The Labute approximate surface area is 128 Å². The predicted octanol–water partition coefficient (Wildman–Crippen LogP) is 3.16. The van der Waals surface area contributed by atoms with E-state index in [9.17, 15) is 23.1 Å². The van der Waals surface area contributed by atoms with Gasteiger partial charge in [-0.2, -0.15) is 13.2 Å². The van der Waals surface area contributed by atoms with Crippen LogP contribution in [0, 0.1) is 5.92 Å². The molecule has 0 heterocycles. The first-order valence-electron chi connectivity index (χ1n) is 7.23. The molecule has 2 N–H and O–H groups in total. The highest BCUT2D eigenvalue weighted by molar-refractivity contribution is 5.76. The molecule has 0 aliphatic carbocycles. The van der Waals surface area contributed by atoms with Crippen LogP contribution < -0.4 is 5.32 Å². The van der Waals surface area contributed by atoms with E-state index < -0.39 is 17.8 Å². The molecule has 0 aliphatic rings. The SMILES string of the molecule is CC(Cc1ccc(C(F)(F)F)cc1)NC(=O)CC(O)C(C)C. The molecule has 1 aromatic carbocycles. The predicted molar refractivity (Wildman–Crippen MR) is 78.2 cm³/mol. The van der Waals surface area contributed by atoms with Crippen LogP contribution in [0.1, 0.15) is 38.3 Å². The Hall–Kier alpha value is -1.56. The van der Waals surface area contributed by atoms with E-state index in [0.29, 0.717) is 12.0 Å². The first kappa shape index (κ1) is 18.5. The van der Waals surface area contributed by atoms with Crippen LogP contribution in [0.4, 0.5) is 13.2 Å². The smallest absolute Gasteiger partial charge is 0.392 e. The van der Waals surface area contributed by atoms with Crippen molar-refractivity contribution >= 4 is 5.91 Å². The number of halogens is 3. The van der Waals surface area contributed by atoms with E-state index >= 15 is 0 Å². The van der Waals surface area contributed by atoms with Gasteiger partial charge < -0.3 is 10.4 Å². The summed E-state index contributed by atoms with van der Waals surface area (Å²) in [6.45, 7) is 5.42. The molecule has 0 spiro atoms. The zero-order valence-electron chi connectivity index (χ0n) is 12.9. The minimum Gasteiger partial charge on any atom is -0.392 e. The molecule has 0 saturated carbocycles. The standard InChI is InChI=1S/C16H22F3NO2/c1-10(2)14(21)9-15(22)20-11(3)8-12-4-6-13(7-5-12)16(17,18)19/h4-7,10-11,14,21H,8-9H2,1-3H3,(H,20,22). The molecule has 0 saturated heterocycles. The monoisotopic (exact) mass is 317 g/mol. The number of benzene rings is 1. The fourth-order valence-electron chi connectivity index (χ4n) is 1.99. The van der Waals surface area contributed by atoms with Gasteiger partial charge in [0.15, 0.2) is 0 Å². The molecule has 0 aromatic heterocycles. The van der Waals surface area contributed by atoms with E-state index in [1.807, 2.05) is 13.8 Å². The minimum absolute atomic E-state index is 0.00373. The van der Waals surface area contributed by atoms with Gasteiger partial charge in [0.05, 0.1) is 18.1 Å². The lowest BCUT2D eigenvalue weighted by atomic mass is 10.0. The summed E-state index contributed by atoms with van der Waals surface area (Å²) in [5.41, 5.74) is 0.0261. The highest BCUT2D eigenvalue weighted by atomic mass is 19.4. The van der Waals surface area contributed by atoms with Crippen molar-refractivity contribution in [3.8, 4) is 0 Å². The van der Waals surface area contributed by atoms with Crippen molar-refractivity contribution < 1.29 is 23.1 Å². The van der Waals surface area contributed by atoms with Gasteiger partial charge >= 0.3 is 6.18 Å². The molecule has 124 valence electrons. The van der Waals surface area contributed by atoms with E-state index in [0.717, 1.165) is 12.1 Å². The summed E-state index contributed by atoms with van der Waals surface area (Å²) >= 11 is 0. The molecule has 22 heavy (non-hydrogen) atoms. The van der Waals surface area contributed by atoms with Crippen molar-refractivity contribution in [1.29, 1.82) is 0 Å². The highest BCUT2D eigenvalue weighted by Crippen LogP contribution is 2.29. The molecular weight excluding hydrogens is 295 g/mol. The first-order valence-corrected chi connectivity index (χ1v) is 7.23.